The van der Waals surface area contributed by atoms with E-state index in [2.05, 4.69) is 19.1 Å². The number of ether oxygens (including phenoxy) is 2. The van der Waals surface area contributed by atoms with Crippen LogP contribution in [0.15, 0.2) is 48.5 Å². The van der Waals surface area contributed by atoms with E-state index in [0.717, 1.165) is 12.2 Å². The third-order valence-corrected chi connectivity index (χ3v) is 2.86. The van der Waals surface area contributed by atoms with Gasteiger partial charge in [-0.25, -0.2) is 0 Å². The molecular weight excluding hydrogens is 238 g/mol. The summed E-state index contributed by atoms with van der Waals surface area (Å²) in [4.78, 5) is 0. The number of hydrogen-bond acceptors (Lipinski definition) is 3. The van der Waals surface area contributed by atoms with Crippen molar-refractivity contribution in [2.75, 3.05) is 18.9 Å². The van der Waals surface area contributed by atoms with Crippen LogP contribution in [0.2, 0.25) is 0 Å². The van der Waals surface area contributed by atoms with Crippen LogP contribution in [0.5, 0.6) is 11.5 Å². The maximum Gasteiger partial charge on any atom is 0.142 e. The normalized spacial score (nSPS) is 10.2. The molecule has 0 aliphatic rings. The number of hydrogen-bond donors (Lipinski definition) is 1. The average Bonchev–Trinajstić information content (AvgIpc) is 2.46. The lowest BCUT2D eigenvalue weighted by molar-refractivity contribution is 0.218. The molecule has 0 aliphatic heterocycles. The summed E-state index contributed by atoms with van der Waals surface area (Å²) in [5.41, 5.74) is 7.73. The van der Waals surface area contributed by atoms with Crippen molar-refractivity contribution in [2.24, 2.45) is 0 Å². The first-order chi connectivity index (χ1) is 9.29. The van der Waals surface area contributed by atoms with E-state index in [4.69, 9.17) is 15.2 Å². The molecule has 2 rings (SSSR count). The van der Waals surface area contributed by atoms with Crippen molar-refractivity contribution in [3.63, 3.8) is 0 Å². The lowest BCUT2D eigenvalue weighted by Gasteiger charge is -2.10. The molecule has 0 heterocycles. The molecule has 0 aliphatic carbocycles. The van der Waals surface area contributed by atoms with Gasteiger partial charge in [0.15, 0.2) is 0 Å². The maximum atomic E-state index is 5.78. The molecule has 19 heavy (non-hydrogen) atoms. The van der Waals surface area contributed by atoms with Crippen LogP contribution in [0.3, 0.4) is 0 Å². The van der Waals surface area contributed by atoms with E-state index < -0.39 is 0 Å². The van der Waals surface area contributed by atoms with E-state index in [0.29, 0.717) is 24.7 Å². The molecule has 0 atom stereocenters. The Bertz CT molecular complexity index is 508. The third kappa shape index (κ3) is 3.91. The van der Waals surface area contributed by atoms with E-state index in [1.165, 1.54) is 5.56 Å². The highest BCUT2D eigenvalue weighted by atomic mass is 16.5. The molecule has 0 saturated carbocycles. The minimum atomic E-state index is 0.476. The number of benzene rings is 2. The average molecular weight is 257 g/mol. The van der Waals surface area contributed by atoms with E-state index in [1.54, 1.807) is 0 Å². The lowest BCUT2D eigenvalue weighted by atomic mass is 10.2. The van der Waals surface area contributed by atoms with Crippen molar-refractivity contribution in [3.05, 3.63) is 54.1 Å². The molecule has 0 amide bonds. The van der Waals surface area contributed by atoms with Crippen LogP contribution in [-0.4, -0.2) is 13.2 Å². The SMILES string of the molecule is CCc1ccc(OCCOc2ccccc2N)cc1. The maximum absolute atomic E-state index is 5.78. The van der Waals surface area contributed by atoms with Crippen LogP contribution in [0.25, 0.3) is 0 Å². The van der Waals surface area contributed by atoms with Crippen molar-refractivity contribution in [2.45, 2.75) is 13.3 Å². The zero-order chi connectivity index (χ0) is 13.5. The number of para-hydroxylation sites is 2. The molecular formula is C16H19NO2. The van der Waals surface area contributed by atoms with Gasteiger partial charge in [-0.2, -0.15) is 0 Å². The van der Waals surface area contributed by atoms with Gasteiger partial charge in [-0.05, 0) is 36.2 Å². The quantitative estimate of drug-likeness (QED) is 0.638. The number of nitrogens with two attached hydrogens (primary N) is 1. The van der Waals surface area contributed by atoms with Gasteiger partial charge < -0.3 is 15.2 Å². The molecule has 3 heteroatoms. The molecule has 2 aromatic rings. The summed E-state index contributed by atoms with van der Waals surface area (Å²) in [6.07, 6.45) is 1.04. The van der Waals surface area contributed by atoms with Crippen LogP contribution in [-0.2, 0) is 6.42 Å². The molecule has 3 nitrogen and oxygen atoms in total. The highest BCUT2D eigenvalue weighted by molar-refractivity contribution is 5.51. The zero-order valence-electron chi connectivity index (χ0n) is 11.1. The Balaban J connectivity index is 1.76. The van der Waals surface area contributed by atoms with Crippen molar-refractivity contribution < 1.29 is 9.47 Å². The van der Waals surface area contributed by atoms with Crippen LogP contribution in [0.1, 0.15) is 12.5 Å². The predicted octanol–water partition coefficient (Wildman–Crippen LogP) is 3.29. The van der Waals surface area contributed by atoms with E-state index >= 15 is 0 Å². The second-order valence-corrected chi connectivity index (χ2v) is 4.23. The van der Waals surface area contributed by atoms with E-state index in [9.17, 15) is 0 Å². The first-order valence-corrected chi connectivity index (χ1v) is 6.48. The Kier molecular flexibility index (Phi) is 4.67. The summed E-state index contributed by atoms with van der Waals surface area (Å²) in [6, 6.07) is 15.6. The molecule has 100 valence electrons. The summed E-state index contributed by atoms with van der Waals surface area (Å²) in [5, 5.41) is 0. The summed E-state index contributed by atoms with van der Waals surface area (Å²) >= 11 is 0. The largest absolute Gasteiger partial charge is 0.490 e. The molecule has 0 aromatic heterocycles. The highest BCUT2D eigenvalue weighted by Crippen LogP contribution is 2.19. The fourth-order valence-electron chi connectivity index (χ4n) is 1.74. The van der Waals surface area contributed by atoms with Crippen molar-refractivity contribution in [1.82, 2.24) is 0 Å². The predicted molar refractivity (Wildman–Crippen MR) is 77.7 cm³/mol. The molecule has 0 saturated heterocycles. The van der Waals surface area contributed by atoms with Gasteiger partial charge in [-0.15, -0.1) is 0 Å². The molecule has 0 spiro atoms. The molecule has 0 radical (unpaired) electrons. The van der Waals surface area contributed by atoms with E-state index in [-0.39, 0.29) is 0 Å². The van der Waals surface area contributed by atoms with Crippen LogP contribution in [0.4, 0.5) is 5.69 Å². The second-order valence-electron chi connectivity index (χ2n) is 4.23. The van der Waals surface area contributed by atoms with Gasteiger partial charge in [0.05, 0.1) is 5.69 Å². The Labute approximate surface area is 114 Å². The van der Waals surface area contributed by atoms with E-state index in [1.807, 2.05) is 36.4 Å². The smallest absolute Gasteiger partial charge is 0.142 e. The Hall–Kier alpha value is -2.16. The Morgan fingerprint density at radius 1 is 0.895 bits per heavy atom. The van der Waals surface area contributed by atoms with Gasteiger partial charge in [-0.3, -0.25) is 0 Å². The minimum absolute atomic E-state index is 0.476. The first kappa shape index (κ1) is 13.3. The zero-order valence-corrected chi connectivity index (χ0v) is 11.1. The number of rotatable bonds is 6. The Morgan fingerprint density at radius 3 is 2.26 bits per heavy atom. The molecule has 0 unspecified atom stereocenters. The van der Waals surface area contributed by atoms with Crippen molar-refractivity contribution in [1.29, 1.82) is 0 Å². The first-order valence-electron chi connectivity index (χ1n) is 6.48. The number of anilines is 1. The summed E-state index contributed by atoms with van der Waals surface area (Å²) < 4.78 is 11.2. The fourth-order valence-corrected chi connectivity index (χ4v) is 1.74. The number of nitrogen functional groups attached to an aromatic ring is 1. The highest BCUT2D eigenvalue weighted by Gasteiger charge is 1.99. The van der Waals surface area contributed by atoms with Gasteiger partial charge in [0.25, 0.3) is 0 Å². The van der Waals surface area contributed by atoms with Crippen LogP contribution < -0.4 is 15.2 Å². The summed E-state index contributed by atoms with van der Waals surface area (Å²) in [5.74, 6) is 1.56. The van der Waals surface area contributed by atoms with Crippen LogP contribution in [0, 0.1) is 0 Å². The second kappa shape index (κ2) is 6.69. The van der Waals surface area contributed by atoms with Gasteiger partial charge in [0.1, 0.15) is 24.7 Å². The van der Waals surface area contributed by atoms with Gasteiger partial charge >= 0.3 is 0 Å². The topological polar surface area (TPSA) is 44.5 Å². The monoisotopic (exact) mass is 257 g/mol. The lowest BCUT2D eigenvalue weighted by Crippen LogP contribution is -2.09. The van der Waals surface area contributed by atoms with Crippen molar-refractivity contribution in [3.8, 4) is 11.5 Å². The fraction of sp³-hybridized carbons (Fsp3) is 0.250. The summed E-state index contributed by atoms with van der Waals surface area (Å²) in [6.45, 7) is 3.11. The van der Waals surface area contributed by atoms with Gasteiger partial charge in [-0.1, -0.05) is 31.2 Å². The van der Waals surface area contributed by atoms with Crippen LogP contribution >= 0.6 is 0 Å². The standard InChI is InChI=1S/C16H19NO2/c1-2-13-7-9-14(10-8-13)18-11-12-19-16-6-4-3-5-15(16)17/h3-10H,2,11-12,17H2,1H3. The van der Waals surface area contributed by atoms with Gasteiger partial charge in [0.2, 0.25) is 0 Å². The molecule has 0 fully saturated rings. The molecule has 2 N–H and O–H groups in total. The number of aryl methyl sites for hydroxylation is 1. The molecule has 0 bridgehead atoms. The van der Waals surface area contributed by atoms with Gasteiger partial charge in [0, 0.05) is 0 Å². The minimum Gasteiger partial charge on any atom is -0.490 e. The Morgan fingerprint density at radius 2 is 1.58 bits per heavy atom. The molecule has 2 aromatic carbocycles. The van der Waals surface area contributed by atoms with Crippen molar-refractivity contribution >= 4 is 5.69 Å². The summed E-state index contributed by atoms with van der Waals surface area (Å²) in [7, 11) is 0. The third-order valence-electron chi connectivity index (χ3n) is 2.86.